The fraction of sp³-hybridized carbons (Fsp3) is 0.0455. The molecule has 0 radical (unpaired) electrons. The first-order valence-corrected chi connectivity index (χ1v) is 8.65. The number of aryl methyl sites for hydroxylation is 1. The van der Waals surface area contributed by atoms with Gasteiger partial charge in [0.2, 0.25) is 5.95 Å². The second kappa shape index (κ2) is 5.64. The van der Waals surface area contributed by atoms with Crippen LogP contribution in [0.3, 0.4) is 0 Å². The first-order valence-electron chi connectivity index (χ1n) is 8.65. The van der Waals surface area contributed by atoms with Crippen molar-refractivity contribution in [3.8, 4) is 0 Å². The maximum atomic E-state index is 13.1. The maximum Gasteiger partial charge on any atom is 0.208 e. The largest absolute Gasteiger partial charge is 0.325 e. The molecule has 5 rings (SSSR count). The van der Waals surface area contributed by atoms with E-state index in [2.05, 4.69) is 10.3 Å². The summed E-state index contributed by atoms with van der Waals surface area (Å²) in [5.41, 5.74) is 4.14. The van der Waals surface area contributed by atoms with Gasteiger partial charge in [-0.25, -0.2) is 4.98 Å². The normalized spacial score (nSPS) is 12.8. The van der Waals surface area contributed by atoms with Crippen molar-refractivity contribution < 1.29 is 9.59 Å². The molecule has 27 heavy (non-hydrogen) atoms. The number of aromatic nitrogens is 2. The molecule has 0 amide bonds. The number of rotatable bonds is 2. The van der Waals surface area contributed by atoms with E-state index in [4.69, 9.17) is 0 Å². The van der Waals surface area contributed by atoms with Crippen molar-refractivity contribution in [3.63, 3.8) is 0 Å². The summed E-state index contributed by atoms with van der Waals surface area (Å²) >= 11 is 0. The molecule has 1 aromatic heterocycles. The van der Waals surface area contributed by atoms with Gasteiger partial charge in [0.25, 0.3) is 0 Å². The van der Waals surface area contributed by atoms with Crippen LogP contribution in [0.2, 0.25) is 0 Å². The molecule has 0 spiro atoms. The molecular weight excluding hydrogens is 338 g/mol. The highest BCUT2D eigenvalue weighted by Crippen LogP contribution is 2.33. The molecule has 0 saturated carbocycles. The van der Waals surface area contributed by atoms with Gasteiger partial charge >= 0.3 is 0 Å². The van der Waals surface area contributed by atoms with Gasteiger partial charge in [0.05, 0.1) is 22.3 Å². The average Bonchev–Trinajstić information content (AvgIpc) is 3.02. The predicted octanol–water partition coefficient (Wildman–Crippen LogP) is 4.09. The van der Waals surface area contributed by atoms with Crippen molar-refractivity contribution in [2.24, 2.45) is 7.05 Å². The number of benzene rings is 3. The summed E-state index contributed by atoms with van der Waals surface area (Å²) in [6.07, 6.45) is 0. The third-order valence-corrected chi connectivity index (χ3v) is 4.99. The van der Waals surface area contributed by atoms with Crippen LogP contribution in [0.4, 0.5) is 11.6 Å². The number of fused-ring (bicyclic) bond motifs is 3. The van der Waals surface area contributed by atoms with E-state index in [1.807, 2.05) is 35.9 Å². The lowest BCUT2D eigenvalue weighted by Crippen LogP contribution is -2.22. The number of nitrogens with zero attached hydrogens (tertiary/aromatic N) is 2. The van der Waals surface area contributed by atoms with Crippen LogP contribution < -0.4 is 5.32 Å². The minimum atomic E-state index is -0.151. The first-order chi connectivity index (χ1) is 13.1. The van der Waals surface area contributed by atoms with Gasteiger partial charge in [-0.2, -0.15) is 0 Å². The summed E-state index contributed by atoms with van der Waals surface area (Å²) in [5, 5.41) is 3.25. The molecule has 1 N–H and O–H groups in total. The fourth-order valence-corrected chi connectivity index (χ4v) is 3.63. The van der Waals surface area contributed by atoms with E-state index in [1.54, 1.807) is 42.5 Å². The molecule has 5 heteroatoms. The summed E-state index contributed by atoms with van der Waals surface area (Å²) in [5.74, 6) is 0.333. The van der Waals surface area contributed by atoms with Gasteiger partial charge in [-0.1, -0.05) is 48.5 Å². The van der Waals surface area contributed by atoms with E-state index in [-0.39, 0.29) is 11.6 Å². The Balaban J connectivity index is 1.66. The highest BCUT2D eigenvalue weighted by molar-refractivity contribution is 6.30. The first kappa shape index (κ1) is 15.5. The molecule has 130 valence electrons. The van der Waals surface area contributed by atoms with E-state index in [0.29, 0.717) is 33.9 Å². The Bertz CT molecular complexity index is 1250. The summed E-state index contributed by atoms with van der Waals surface area (Å²) in [6, 6.07) is 20.0. The Morgan fingerprint density at radius 2 is 1.44 bits per heavy atom. The number of imidazole rings is 1. The lowest BCUT2D eigenvalue weighted by Gasteiger charge is -2.20. The number of carbonyl (C=O) groups excluding carboxylic acids is 2. The summed E-state index contributed by atoms with van der Waals surface area (Å²) < 4.78 is 1.93. The third-order valence-electron chi connectivity index (χ3n) is 4.99. The van der Waals surface area contributed by atoms with E-state index >= 15 is 0 Å². The Hall–Kier alpha value is -3.73. The fourth-order valence-electron chi connectivity index (χ4n) is 3.63. The lowest BCUT2D eigenvalue weighted by molar-refractivity contribution is 0.0979. The summed E-state index contributed by atoms with van der Waals surface area (Å²) in [7, 11) is 1.91. The van der Waals surface area contributed by atoms with E-state index < -0.39 is 0 Å². The average molecular weight is 353 g/mol. The number of anilines is 2. The van der Waals surface area contributed by atoms with Gasteiger partial charge in [-0.05, 0) is 18.2 Å². The SMILES string of the molecule is Cn1c(Nc2cccc3c2C(=O)c2ccccc2C3=O)nc2ccccc21. The maximum absolute atomic E-state index is 13.1. The zero-order chi connectivity index (χ0) is 18.5. The van der Waals surface area contributed by atoms with E-state index in [1.165, 1.54) is 0 Å². The molecular formula is C22H15N3O2. The van der Waals surface area contributed by atoms with Gasteiger partial charge < -0.3 is 9.88 Å². The van der Waals surface area contributed by atoms with Crippen LogP contribution in [0.1, 0.15) is 31.8 Å². The zero-order valence-electron chi connectivity index (χ0n) is 14.6. The Kier molecular flexibility index (Phi) is 3.24. The molecule has 0 unspecified atom stereocenters. The molecule has 0 atom stereocenters. The van der Waals surface area contributed by atoms with Crippen molar-refractivity contribution in [2.45, 2.75) is 0 Å². The van der Waals surface area contributed by atoms with Crippen LogP contribution >= 0.6 is 0 Å². The summed E-state index contributed by atoms with van der Waals surface area (Å²) in [4.78, 5) is 30.6. The van der Waals surface area contributed by atoms with E-state index in [9.17, 15) is 9.59 Å². The zero-order valence-corrected chi connectivity index (χ0v) is 14.6. The lowest BCUT2D eigenvalue weighted by atomic mass is 9.83. The quantitative estimate of drug-likeness (QED) is 0.519. The standard InChI is InChI=1S/C22H15N3O2/c1-25-18-12-5-4-10-16(18)23-22(25)24-17-11-6-9-15-19(17)21(27)14-8-3-2-7-13(14)20(15)26/h2-12H,1H3,(H,23,24). The Labute approximate surface area is 155 Å². The molecule has 0 aliphatic heterocycles. The smallest absolute Gasteiger partial charge is 0.208 e. The van der Waals surface area contributed by atoms with Gasteiger partial charge in [-0.3, -0.25) is 9.59 Å². The van der Waals surface area contributed by atoms with Crippen molar-refractivity contribution in [1.82, 2.24) is 9.55 Å². The Morgan fingerprint density at radius 3 is 2.22 bits per heavy atom. The second-order valence-electron chi connectivity index (χ2n) is 6.54. The van der Waals surface area contributed by atoms with Gasteiger partial charge in [-0.15, -0.1) is 0 Å². The molecule has 1 aliphatic carbocycles. The molecule has 1 heterocycles. The number of hydrogen-bond acceptors (Lipinski definition) is 4. The molecule has 5 nitrogen and oxygen atoms in total. The monoisotopic (exact) mass is 353 g/mol. The summed E-state index contributed by atoms with van der Waals surface area (Å²) in [6.45, 7) is 0. The van der Waals surface area contributed by atoms with Crippen LogP contribution in [-0.2, 0) is 7.05 Å². The number of nitrogens with one attached hydrogen (secondary N) is 1. The van der Waals surface area contributed by atoms with Gasteiger partial charge in [0, 0.05) is 23.7 Å². The number of hydrogen-bond donors (Lipinski definition) is 1. The number of para-hydroxylation sites is 2. The minimum absolute atomic E-state index is 0.131. The van der Waals surface area contributed by atoms with E-state index in [0.717, 1.165) is 11.0 Å². The topological polar surface area (TPSA) is 64.0 Å². The van der Waals surface area contributed by atoms with Crippen LogP contribution in [0.15, 0.2) is 66.7 Å². The van der Waals surface area contributed by atoms with Crippen LogP contribution in [0.25, 0.3) is 11.0 Å². The number of ketones is 2. The van der Waals surface area contributed by atoms with Gasteiger partial charge in [0.15, 0.2) is 11.6 Å². The molecule has 4 aromatic rings. The van der Waals surface area contributed by atoms with Crippen molar-refractivity contribution in [3.05, 3.63) is 89.0 Å². The van der Waals surface area contributed by atoms with Crippen molar-refractivity contribution in [2.75, 3.05) is 5.32 Å². The predicted molar refractivity (Wildman–Crippen MR) is 104 cm³/mol. The second-order valence-corrected chi connectivity index (χ2v) is 6.54. The van der Waals surface area contributed by atoms with Crippen molar-refractivity contribution in [1.29, 1.82) is 0 Å². The van der Waals surface area contributed by atoms with Crippen LogP contribution in [-0.4, -0.2) is 21.1 Å². The highest BCUT2D eigenvalue weighted by atomic mass is 16.1. The molecule has 3 aromatic carbocycles. The molecule has 0 bridgehead atoms. The molecule has 1 aliphatic rings. The van der Waals surface area contributed by atoms with Crippen LogP contribution in [0.5, 0.6) is 0 Å². The van der Waals surface area contributed by atoms with Crippen LogP contribution in [0, 0.1) is 0 Å². The highest BCUT2D eigenvalue weighted by Gasteiger charge is 2.31. The van der Waals surface area contributed by atoms with Crippen molar-refractivity contribution >= 4 is 34.2 Å². The van der Waals surface area contributed by atoms with Gasteiger partial charge in [0.1, 0.15) is 0 Å². The Morgan fingerprint density at radius 1 is 0.778 bits per heavy atom. The number of carbonyl (C=O) groups is 2. The third kappa shape index (κ3) is 2.22. The molecule has 0 saturated heterocycles. The molecule has 0 fully saturated rings. The minimum Gasteiger partial charge on any atom is -0.325 e.